The molecule has 0 bridgehead atoms. The number of carbonyl (C=O) groups excluding carboxylic acids is 1. The van der Waals surface area contributed by atoms with E-state index in [9.17, 15) is 14.7 Å². The topological polar surface area (TPSA) is 92.4 Å². The Labute approximate surface area is 104 Å². The standard InChI is InChI=1S/C12H16N2O4/c1-8-3-2-5-12(7-8,11(16)17)13-10(15)9-4-6-18-14-9/h4,6,8H,2-3,5,7H2,1H3,(H,13,15)(H,16,17). The number of nitrogens with one attached hydrogen (secondary N) is 1. The van der Waals surface area contributed by atoms with Gasteiger partial charge in [0, 0.05) is 6.07 Å². The number of carboxylic acid groups (broad SMARTS) is 1. The van der Waals surface area contributed by atoms with Crippen LogP contribution in [0.3, 0.4) is 0 Å². The van der Waals surface area contributed by atoms with Gasteiger partial charge in [-0.3, -0.25) is 4.79 Å². The van der Waals surface area contributed by atoms with Crippen LogP contribution in [0.4, 0.5) is 0 Å². The van der Waals surface area contributed by atoms with E-state index < -0.39 is 17.4 Å². The molecule has 1 aromatic heterocycles. The molecule has 2 N–H and O–H groups in total. The number of amides is 1. The third-order valence-corrected chi connectivity index (χ3v) is 3.43. The normalized spacial score (nSPS) is 27.7. The molecular formula is C12H16N2O4. The van der Waals surface area contributed by atoms with Crippen molar-refractivity contribution in [3.63, 3.8) is 0 Å². The Hall–Kier alpha value is -1.85. The molecule has 98 valence electrons. The van der Waals surface area contributed by atoms with Crippen LogP contribution in [-0.4, -0.2) is 27.7 Å². The van der Waals surface area contributed by atoms with Crippen LogP contribution in [0.5, 0.6) is 0 Å². The summed E-state index contributed by atoms with van der Waals surface area (Å²) in [6.45, 7) is 2.00. The molecule has 0 radical (unpaired) electrons. The molecule has 18 heavy (non-hydrogen) atoms. The number of rotatable bonds is 3. The summed E-state index contributed by atoms with van der Waals surface area (Å²) >= 11 is 0. The third kappa shape index (κ3) is 2.37. The predicted molar refractivity (Wildman–Crippen MR) is 62.0 cm³/mol. The maximum absolute atomic E-state index is 11.9. The first-order chi connectivity index (χ1) is 8.53. The van der Waals surface area contributed by atoms with E-state index in [1.807, 2.05) is 6.92 Å². The van der Waals surface area contributed by atoms with Gasteiger partial charge < -0.3 is 14.9 Å². The van der Waals surface area contributed by atoms with Gasteiger partial charge in [0.05, 0.1) is 0 Å². The van der Waals surface area contributed by atoms with E-state index in [4.69, 9.17) is 0 Å². The lowest BCUT2D eigenvalue weighted by molar-refractivity contribution is -0.146. The Morgan fingerprint density at radius 2 is 2.39 bits per heavy atom. The van der Waals surface area contributed by atoms with Crippen molar-refractivity contribution >= 4 is 11.9 Å². The summed E-state index contributed by atoms with van der Waals surface area (Å²) in [4.78, 5) is 23.4. The minimum Gasteiger partial charge on any atom is -0.480 e. The highest BCUT2D eigenvalue weighted by atomic mass is 16.5. The zero-order valence-corrected chi connectivity index (χ0v) is 10.2. The summed E-state index contributed by atoms with van der Waals surface area (Å²) in [7, 11) is 0. The number of hydrogen-bond acceptors (Lipinski definition) is 4. The average Bonchev–Trinajstić information content (AvgIpc) is 2.82. The molecule has 0 spiro atoms. The molecule has 1 amide bonds. The van der Waals surface area contributed by atoms with Gasteiger partial charge >= 0.3 is 5.97 Å². The van der Waals surface area contributed by atoms with Gasteiger partial charge in [-0.25, -0.2) is 4.79 Å². The highest BCUT2D eigenvalue weighted by Gasteiger charge is 2.43. The Morgan fingerprint density at radius 3 is 2.94 bits per heavy atom. The van der Waals surface area contributed by atoms with Gasteiger partial charge in [0.15, 0.2) is 5.69 Å². The maximum Gasteiger partial charge on any atom is 0.329 e. The summed E-state index contributed by atoms with van der Waals surface area (Å²) in [5.74, 6) is -1.20. The van der Waals surface area contributed by atoms with E-state index in [0.29, 0.717) is 12.8 Å². The van der Waals surface area contributed by atoms with E-state index in [-0.39, 0.29) is 11.6 Å². The fraction of sp³-hybridized carbons (Fsp3) is 0.583. The lowest BCUT2D eigenvalue weighted by Crippen LogP contribution is -2.56. The fourth-order valence-corrected chi connectivity index (χ4v) is 2.52. The molecule has 0 aromatic carbocycles. The molecule has 1 saturated carbocycles. The number of hydrogen-bond donors (Lipinski definition) is 2. The van der Waals surface area contributed by atoms with Gasteiger partial charge in [-0.05, 0) is 18.8 Å². The first kappa shape index (κ1) is 12.6. The molecule has 2 rings (SSSR count). The molecule has 1 fully saturated rings. The lowest BCUT2D eigenvalue weighted by atomic mass is 9.76. The van der Waals surface area contributed by atoms with Crippen LogP contribution in [0.15, 0.2) is 16.9 Å². The van der Waals surface area contributed by atoms with Crippen LogP contribution >= 0.6 is 0 Å². The van der Waals surface area contributed by atoms with Crippen molar-refractivity contribution in [3.8, 4) is 0 Å². The summed E-state index contributed by atoms with van der Waals surface area (Å²) in [6, 6.07) is 1.41. The van der Waals surface area contributed by atoms with Crippen molar-refractivity contribution in [1.82, 2.24) is 10.5 Å². The first-order valence-electron chi connectivity index (χ1n) is 6.00. The minimum absolute atomic E-state index is 0.105. The molecule has 1 aliphatic carbocycles. The zero-order valence-electron chi connectivity index (χ0n) is 10.2. The van der Waals surface area contributed by atoms with E-state index in [1.54, 1.807) is 0 Å². The van der Waals surface area contributed by atoms with Crippen molar-refractivity contribution in [1.29, 1.82) is 0 Å². The highest BCUT2D eigenvalue weighted by molar-refractivity contribution is 5.96. The number of nitrogens with zero attached hydrogens (tertiary/aromatic N) is 1. The summed E-state index contributed by atoms with van der Waals surface area (Å²) in [5, 5.41) is 15.5. The summed E-state index contributed by atoms with van der Waals surface area (Å²) < 4.78 is 4.58. The third-order valence-electron chi connectivity index (χ3n) is 3.43. The number of carbonyl (C=O) groups is 2. The number of aromatic nitrogens is 1. The molecule has 0 saturated heterocycles. The quantitative estimate of drug-likeness (QED) is 0.849. The van der Waals surface area contributed by atoms with Crippen LogP contribution in [0, 0.1) is 5.92 Å². The van der Waals surface area contributed by atoms with Gasteiger partial charge in [-0.15, -0.1) is 0 Å². The highest BCUT2D eigenvalue weighted by Crippen LogP contribution is 2.32. The van der Waals surface area contributed by atoms with Crippen molar-refractivity contribution in [2.24, 2.45) is 5.92 Å². The van der Waals surface area contributed by atoms with Crippen LogP contribution in [0.1, 0.15) is 43.1 Å². The Morgan fingerprint density at radius 1 is 1.61 bits per heavy atom. The SMILES string of the molecule is CC1CCCC(NC(=O)c2ccon2)(C(=O)O)C1. The smallest absolute Gasteiger partial charge is 0.329 e. The van der Waals surface area contributed by atoms with E-state index in [2.05, 4.69) is 15.0 Å². The van der Waals surface area contributed by atoms with Crippen molar-refractivity contribution in [2.45, 2.75) is 38.1 Å². The second-order valence-corrected chi connectivity index (χ2v) is 4.93. The van der Waals surface area contributed by atoms with Crippen LogP contribution in [0.25, 0.3) is 0 Å². The van der Waals surface area contributed by atoms with E-state index >= 15 is 0 Å². The van der Waals surface area contributed by atoms with E-state index in [1.165, 1.54) is 12.3 Å². The van der Waals surface area contributed by atoms with E-state index in [0.717, 1.165) is 12.8 Å². The Bertz CT molecular complexity index is 443. The summed E-state index contributed by atoms with van der Waals surface area (Å²) in [6.07, 6.45) is 3.98. The van der Waals surface area contributed by atoms with Crippen molar-refractivity contribution in [2.75, 3.05) is 0 Å². The van der Waals surface area contributed by atoms with Crippen LogP contribution < -0.4 is 5.32 Å². The second-order valence-electron chi connectivity index (χ2n) is 4.93. The van der Waals surface area contributed by atoms with Crippen molar-refractivity contribution in [3.05, 3.63) is 18.0 Å². The first-order valence-corrected chi connectivity index (χ1v) is 6.00. The molecular weight excluding hydrogens is 236 g/mol. The minimum atomic E-state index is -1.17. The monoisotopic (exact) mass is 252 g/mol. The molecule has 6 heteroatoms. The largest absolute Gasteiger partial charge is 0.480 e. The second kappa shape index (κ2) is 4.80. The Balaban J connectivity index is 2.16. The predicted octanol–water partition coefficient (Wildman–Crippen LogP) is 1.44. The molecule has 1 aromatic rings. The van der Waals surface area contributed by atoms with Gasteiger partial charge in [0.2, 0.25) is 0 Å². The van der Waals surface area contributed by atoms with Gasteiger partial charge in [-0.2, -0.15) is 0 Å². The molecule has 1 aliphatic rings. The van der Waals surface area contributed by atoms with Crippen LogP contribution in [0.2, 0.25) is 0 Å². The molecule has 1 heterocycles. The average molecular weight is 252 g/mol. The van der Waals surface area contributed by atoms with Gasteiger partial charge in [0.1, 0.15) is 11.8 Å². The summed E-state index contributed by atoms with van der Waals surface area (Å²) in [5.41, 5.74) is -1.07. The zero-order chi connectivity index (χ0) is 13.2. The fourth-order valence-electron chi connectivity index (χ4n) is 2.52. The van der Waals surface area contributed by atoms with Crippen molar-refractivity contribution < 1.29 is 19.2 Å². The Kier molecular flexibility index (Phi) is 3.36. The molecule has 2 atom stereocenters. The molecule has 6 nitrogen and oxygen atoms in total. The van der Waals surface area contributed by atoms with Gasteiger partial charge in [0.25, 0.3) is 5.91 Å². The van der Waals surface area contributed by atoms with Gasteiger partial charge in [-0.1, -0.05) is 24.9 Å². The number of carboxylic acids is 1. The molecule has 0 aliphatic heterocycles. The lowest BCUT2D eigenvalue weighted by Gasteiger charge is -2.36. The molecule has 2 unspecified atom stereocenters. The number of aliphatic carboxylic acids is 1. The maximum atomic E-state index is 11.9. The van der Waals surface area contributed by atoms with Crippen LogP contribution in [-0.2, 0) is 4.79 Å².